The highest BCUT2D eigenvalue weighted by Gasteiger charge is 2.63. The zero-order chi connectivity index (χ0) is 16.9. The average Bonchev–Trinajstić information content (AvgIpc) is 2.96. The van der Waals surface area contributed by atoms with Crippen molar-refractivity contribution >= 4 is 52.4 Å². The number of nitrogens with one attached hydrogen (secondary N) is 1. The van der Waals surface area contributed by atoms with Gasteiger partial charge in [0.2, 0.25) is 5.91 Å². The van der Waals surface area contributed by atoms with Gasteiger partial charge in [0.05, 0.1) is 22.8 Å². The van der Waals surface area contributed by atoms with E-state index in [0.717, 1.165) is 4.90 Å². The van der Waals surface area contributed by atoms with E-state index in [1.807, 2.05) is 0 Å². The fraction of sp³-hybridized carbons (Fsp3) is 0.286. The molecule has 1 aromatic carbocycles. The summed E-state index contributed by atoms with van der Waals surface area (Å²) in [5.74, 6) is -2.93. The SMILES string of the molecule is COC(=O)C1=NN[C@@]2(C)C(=O)N(c3ccc(Cl)c(Cl)c3)C(=O)[C@H]12. The molecule has 0 radical (unpaired) electrons. The Hall–Kier alpha value is -2.12. The molecule has 7 nitrogen and oxygen atoms in total. The predicted molar refractivity (Wildman–Crippen MR) is 83.4 cm³/mol. The van der Waals surface area contributed by atoms with Gasteiger partial charge in [0.1, 0.15) is 11.5 Å². The minimum Gasteiger partial charge on any atom is -0.464 e. The molecule has 2 amide bonds. The fourth-order valence-electron chi connectivity index (χ4n) is 2.71. The van der Waals surface area contributed by atoms with Crippen molar-refractivity contribution in [1.82, 2.24) is 5.43 Å². The second kappa shape index (κ2) is 5.21. The van der Waals surface area contributed by atoms with Crippen LogP contribution < -0.4 is 10.3 Å². The molecule has 2 heterocycles. The highest BCUT2D eigenvalue weighted by atomic mass is 35.5. The number of benzene rings is 1. The smallest absolute Gasteiger partial charge is 0.355 e. The second-order valence-corrected chi connectivity index (χ2v) is 6.13. The van der Waals surface area contributed by atoms with Gasteiger partial charge in [-0.1, -0.05) is 23.2 Å². The number of hydrogen-bond acceptors (Lipinski definition) is 6. The second-order valence-electron chi connectivity index (χ2n) is 5.31. The topological polar surface area (TPSA) is 88.1 Å². The third-order valence-electron chi connectivity index (χ3n) is 3.93. The summed E-state index contributed by atoms with van der Waals surface area (Å²) in [4.78, 5) is 38.2. The summed E-state index contributed by atoms with van der Waals surface area (Å²) in [5, 5.41) is 4.31. The summed E-state index contributed by atoms with van der Waals surface area (Å²) in [5.41, 5.74) is 1.39. The van der Waals surface area contributed by atoms with Crippen LogP contribution in [0.1, 0.15) is 6.92 Å². The zero-order valence-corrected chi connectivity index (χ0v) is 13.6. The van der Waals surface area contributed by atoms with E-state index < -0.39 is 29.2 Å². The number of nitrogens with zero attached hydrogens (tertiary/aromatic N) is 2. The molecule has 9 heteroatoms. The number of rotatable bonds is 2. The summed E-state index contributed by atoms with van der Waals surface area (Å²) < 4.78 is 4.62. The van der Waals surface area contributed by atoms with Crippen molar-refractivity contribution in [3.8, 4) is 0 Å². The molecule has 23 heavy (non-hydrogen) atoms. The number of hydrogen-bond donors (Lipinski definition) is 1. The Kier molecular flexibility index (Phi) is 3.57. The summed E-state index contributed by atoms with van der Waals surface area (Å²) in [6.45, 7) is 1.51. The van der Waals surface area contributed by atoms with Crippen molar-refractivity contribution in [2.75, 3.05) is 12.0 Å². The Labute approximate surface area is 141 Å². The van der Waals surface area contributed by atoms with Gasteiger partial charge in [0.25, 0.3) is 5.91 Å². The van der Waals surface area contributed by atoms with Crippen molar-refractivity contribution in [1.29, 1.82) is 0 Å². The van der Waals surface area contributed by atoms with Crippen LogP contribution in [0.25, 0.3) is 0 Å². The third kappa shape index (κ3) is 2.11. The van der Waals surface area contributed by atoms with Crippen LogP contribution in [-0.4, -0.2) is 36.1 Å². The maximum absolute atomic E-state index is 12.7. The molecule has 0 aliphatic carbocycles. The van der Waals surface area contributed by atoms with Gasteiger partial charge in [-0.05, 0) is 25.1 Å². The molecule has 1 fully saturated rings. The van der Waals surface area contributed by atoms with Gasteiger partial charge in [0, 0.05) is 0 Å². The van der Waals surface area contributed by atoms with Crippen LogP contribution in [0.3, 0.4) is 0 Å². The molecule has 1 aromatic rings. The first-order chi connectivity index (χ1) is 10.8. The summed E-state index contributed by atoms with van der Waals surface area (Å²) in [7, 11) is 1.18. The van der Waals surface area contributed by atoms with E-state index in [2.05, 4.69) is 15.3 Å². The molecule has 1 N–H and O–H groups in total. The van der Waals surface area contributed by atoms with E-state index in [9.17, 15) is 14.4 Å². The lowest BCUT2D eigenvalue weighted by molar-refractivity contribution is -0.133. The molecule has 0 aromatic heterocycles. The number of carbonyl (C=O) groups excluding carboxylic acids is 3. The lowest BCUT2D eigenvalue weighted by Gasteiger charge is -2.20. The fourth-order valence-corrected chi connectivity index (χ4v) is 3.00. The van der Waals surface area contributed by atoms with Crippen LogP contribution in [0.2, 0.25) is 10.0 Å². The first-order valence-corrected chi connectivity index (χ1v) is 7.33. The largest absolute Gasteiger partial charge is 0.464 e. The Morgan fingerprint density at radius 1 is 1.35 bits per heavy atom. The monoisotopic (exact) mass is 355 g/mol. The van der Waals surface area contributed by atoms with Gasteiger partial charge < -0.3 is 4.74 Å². The predicted octanol–water partition coefficient (Wildman–Crippen LogP) is 1.37. The molecule has 0 spiro atoms. The Balaban J connectivity index is 2.05. The van der Waals surface area contributed by atoms with Crippen molar-refractivity contribution in [2.45, 2.75) is 12.5 Å². The van der Waals surface area contributed by atoms with Crippen molar-refractivity contribution in [2.24, 2.45) is 11.0 Å². The van der Waals surface area contributed by atoms with Gasteiger partial charge in [0.15, 0.2) is 5.71 Å². The first kappa shape index (κ1) is 15.8. The van der Waals surface area contributed by atoms with Gasteiger partial charge in [-0.15, -0.1) is 0 Å². The van der Waals surface area contributed by atoms with Gasteiger partial charge in [-0.25, -0.2) is 9.69 Å². The number of fused-ring (bicyclic) bond motifs is 1. The zero-order valence-electron chi connectivity index (χ0n) is 12.1. The number of amides is 2. The van der Waals surface area contributed by atoms with Crippen LogP contribution in [0.4, 0.5) is 5.69 Å². The van der Waals surface area contributed by atoms with E-state index in [-0.39, 0.29) is 16.4 Å². The lowest BCUT2D eigenvalue weighted by Crippen LogP contribution is -2.48. The van der Waals surface area contributed by atoms with Gasteiger partial charge in [-0.3, -0.25) is 15.0 Å². The Morgan fingerprint density at radius 3 is 2.65 bits per heavy atom. The van der Waals surface area contributed by atoms with Crippen LogP contribution in [0.15, 0.2) is 23.3 Å². The number of ether oxygens (including phenoxy) is 1. The highest BCUT2D eigenvalue weighted by Crippen LogP contribution is 2.39. The number of carbonyl (C=O) groups is 3. The van der Waals surface area contributed by atoms with Gasteiger partial charge in [-0.2, -0.15) is 5.10 Å². The number of halogens is 2. The highest BCUT2D eigenvalue weighted by molar-refractivity contribution is 6.47. The van der Waals surface area contributed by atoms with E-state index in [0.29, 0.717) is 5.02 Å². The Bertz CT molecular complexity index is 779. The molecule has 120 valence electrons. The molecule has 2 aliphatic rings. The molecule has 0 bridgehead atoms. The maximum Gasteiger partial charge on any atom is 0.355 e. The van der Waals surface area contributed by atoms with Gasteiger partial charge >= 0.3 is 5.97 Å². The Morgan fingerprint density at radius 2 is 2.04 bits per heavy atom. The number of imide groups is 1. The summed E-state index contributed by atoms with van der Waals surface area (Å²) >= 11 is 11.8. The standard InChI is InChI=1S/C14H11Cl2N3O4/c1-14-9(10(17-18-14)12(21)23-2)11(20)19(13(14)22)6-3-4-7(15)8(16)5-6/h3-5,9,18H,1-2H3/t9-,14+/m0/s1. The normalized spacial score (nSPS) is 26.0. The lowest BCUT2D eigenvalue weighted by atomic mass is 9.86. The van der Waals surface area contributed by atoms with Crippen molar-refractivity contribution in [3.63, 3.8) is 0 Å². The first-order valence-electron chi connectivity index (χ1n) is 6.57. The van der Waals surface area contributed by atoms with E-state index in [1.165, 1.54) is 32.2 Å². The van der Waals surface area contributed by atoms with Crippen LogP contribution in [-0.2, 0) is 19.1 Å². The molecule has 0 saturated carbocycles. The van der Waals surface area contributed by atoms with Crippen LogP contribution in [0.5, 0.6) is 0 Å². The quantitative estimate of drug-likeness (QED) is 0.639. The molecule has 0 unspecified atom stereocenters. The maximum atomic E-state index is 12.7. The summed E-state index contributed by atoms with van der Waals surface area (Å²) in [6.07, 6.45) is 0. The van der Waals surface area contributed by atoms with E-state index in [4.69, 9.17) is 23.2 Å². The van der Waals surface area contributed by atoms with Crippen molar-refractivity contribution < 1.29 is 19.1 Å². The summed E-state index contributed by atoms with van der Waals surface area (Å²) in [6, 6.07) is 4.40. The number of esters is 1. The van der Waals surface area contributed by atoms with Crippen LogP contribution >= 0.6 is 23.2 Å². The number of hydrazone groups is 1. The third-order valence-corrected chi connectivity index (χ3v) is 4.67. The minimum atomic E-state index is -1.34. The average molecular weight is 356 g/mol. The number of anilines is 1. The molecule has 2 atom stereocenters. The van der Waals surface area contributed by atoms with E-state index >= 15 is 0 Å². The number of methoxy groups -OCH3 is 1. The molecule has 3 rings (SSSR count). The molecule has 1 saturated heterocycles. The molecule has 2 aliphatic heterocycles. The van der Waals surface area contributed by atoms with E-state index in [1.54, 1.807) is 0 Å². The minimum absolute atomic E-state index is 0.129. The van der Waals surface area contributed by atoms with Crippen LogP contribution in [0, 0.1) is 5.92 Å². The molecular formula is C14H11Cl2N3O4. The van der Waals surface area contributed by atoms with Crippen molar-refractivity contribution in [3.05, 3.63) is 28.2 Å². The molecular weight excluding hydrogens is 345 g/mol.